The molecule has 1 aliphatic rings. The molecule has 33 heavy (non-hydrogen) atoms. The van der Waals surface area contributed by atoms with Gasteiger partial charge >= 0.3 is 0 Å². The maximum Gasteiger partial charge on any atom is 0.217 e. The normalized spacial score (nSPS) is 17.9. The standard InChI is InChI=1S/C26H35F2N3O2/c1-16(32)30-23(12-17-10-19(27)14-20(28)11-17)25(33)15-29-22-8-9-31(5)24-7-6-18(13-21(22)24)26(2,3)4/h6-7,10-11,13-14,22-23,25,29,33H,8-9,12,15H2,1-5H3,(H,30,32)/t22-,23-,25+/m0/s1. The summed E-state index contributed by atoms with van der Waals surface area (Å²) < 4.78 is 27.2. The van der Waals surface area contributed by atoms with E-state index in [1.54, 1.807) is 0 Å². The van der Waals surface area contributed by atoms with Crippen molar-refractivity contribution in [3.63, 3.8) is 0 Å². The smallest absolute Gasteiger partial charge is 0.217 e. The number of aliphatic hydroxyl groups is 1. The van der Waals surface area contributed by atoms with E-state index in [9.17, 15) is 18.7 Å². The van der Waals surface area contributed by atoms with Crippen molar-refractivity contribution >= 4 is 11.6 Å². The van der Waals surface area contributed by atoms with E-state index >= 15 is 0 Å². The van der Waals surface area contributed by atoms with Crippen LogP contribution in [-0.4, -0.2) is 43.3 Å². The molecule has 0 bridgehead atoms. The van der Waals surface area contributed by atoms with Crippen molar-refractivity contribution in [2.75, 3.05) is 25.0 Å². The molecule has 0 aromatic heterocycles. The number of fused-ring (bicyclic) bond motifs is 1. The van der Waals surface area contributed by atoms with Crippen LogP contribution in [0.1, 0.15) is 56.8 Å². The van der Waals surface area contributed by atoms with Crippen LogP contribution in [0.25, 0.3) is 0 Å². The van der Waals surface area contributed by atoms with Crippen molar-refractivity contribution in [3.05, 3.63) is 64.7 Å². The first-order valence-electron chi connectivity index (χ1n) is 11.4. The lowest BCUT2D eigenvalue weighted by Gasteiger charge is -2.36. The van der Waals surface area contributed by atoms with E-state index in [4.69, 9.17) is 0 Å². The van der Waals surface area contributed by atoms with Gasteiger partial charge in [-0.3, -0.25) is 4.79 Å². The molecule has 0 saturated carbocycles. The molecule has 0 aliphatic carbocycles. The summed E-state index contributed by atoms with van der Waals surface area (Å²) in [5.41, 5.74) is 3.99. The molecule has 5 nitrogen and oxygen atoms in total. The number of benzene rings is 2. The number of aliphatic hydroxyl groups excluding tert-OH is 1. The molecule has 1 heterocycles. The van der Waals surface area contributed by atoms with Gasteiger partial charge in [-0.1, -0.05) is 32.9 Å². The molecule has 180 valence electrons. The second kappa shape index (κ2) is 10.2. The molecule has 0 unspecified atom stereocenters. The molecular formula is C26H35F2N3O2. The maximum atomic E-state index is 13.6. The fourth-order valence-electron chi connectivity index (χ4n) is 4.39. The molecule has 3 N–H and O–H groups in total. The third-order valence-electron chi connectivity index (χ3n) is 6.24. The van der Waals surface area contributed by atoms with Gasteiger partial charge in [-0.25, -0.2) is 8.78 Å². The molecule has 0 radical (unpaired) electrons. The fourth-order valence-corrected chi connectivity index (χ4v) is 4.39. The zero-order valence-corrected chi connectivity index (χ0v) is 20.1. The number of nitrogens with one attached hydrogen (secondary N) is 2. The van der Waals surface area contributed by atoms with Gasteiger partial charge in [0.2, 0.25) is 5.91 Å². The Kier molecular flexibility index (Phi) is 7.75. The van der Waals surface area contributed by atoms with Gasteiger partial charge < -0.3 is 20.6 Å². The van der Waals surface area contributed by atoms with E-state index in [1.165, 1.54) is 30.2 Å². The Bertz CT molecular complexity index is 970. The number of hydrogen-bond donors (Lipinski definition) is 3. The fraction of sp³-hybridized carbons (Fsp3) is 0.500. The van der Waals surface area contributed by atoms with E-state index in [2.05, 4.69) is 61.6 Å². The number of hydrogen-bond acceptors (Lipinski definition) is 4. The number of carbonyl (C=O) groups is 1. The average molecular weight is 460 g/mol. The number of carbonyl (C=O) groups excluding carboxylic acids is 1. The third kappa shape index (κ3) is 6.51. The van der Waals surface area contributed by atoms with Crippen molar-refractivity contribution < 1.29 is 18.7 Å². The summed E-state index contributed by atoms with van der Waals surface area (Å²) >= 11 is 0. The molecule has 2 aromatic rings. The lowest BCUT2D eigenvalue weighted by molar-refractivity contribution is -0.120. The van der Waals surface area contributed by atoms with Crippen LogP contribution in [-0.2, 0) is 16.6 Å². The third-order valence-corrected chi connectivity index (χ3v) is 6.24. The monoisotopic (exact) mass is 459 g/mol. The molecule has 0 fully saturated rings. The summed E-state index contributed by atoms with van der Waals surface area (Å²) in [6.45, 7) is 9.02. The SMILES string of the molecule is CC(=O)N[C@@H](Cc1cc(F)cc(F)c1)[C@H](O)CN[C@H]1CCN(C)c2ccc(C(C)(C)C)cc21. The highest BCUT2D eigenvalue weighted by molar-refractivity contribution is 5.73. The van der Waals surface area contributed by atoms with Crippen LogP contribution in [0, 0.1) is 11.6 Å². The minimum absolute atomic E-state index is 0.0197. The maximum absolute atomic E-state index is 13.6. The largest absolute Gasteiger partial charge is 0.390 e. The molecule has 0 saturated heterocycles. The van der Waals surface area contributed by atoms with Gasteiger partial charge in [0.25, 0.3) is 0 Å². The topological polar surface area (TPSA) is 64.6 Å². The summed E-state index contributed by atoms with van der Waals surface area (Å²) in [6, 6.07) is 9.17. The number of anilines is 1. The van der Waals surface area contributed by atoms with Crippen LogP contribution in [0.4, 0.5) is 14.5 Å². The Morgan fingerprint density at radius 1 is 1.18 bits per heavy atom. The minimum Gasteiger partial charge on any atom is -0.390 e. The highest BCUT2D eigenvalue weighted by Gasteiger charge is 2.28. The highest BCUT2D eigenvalue weighted by atomic mass is 19.1. The van der Waals surface area contributed by atoms with Gasteiger partial charge in [0.1, 0.15) is 11.6 Å². The van der Waals surface area contributed by atoms with Crippen molar-refractivity contribution in [1.29, 1.82) is 0 Å². The van der Waals surface area contributed by atoms with Crippen LogP contribution in [0.5, 0.6) is 0 Å². The van der Waals surface area contributed by atoms with E-state index in [-0.39, 0.29) is 30.3 Å². The predicted octanol–water partition coefficient (Wildman–Crippen LogP) is 3.84. The minimum atomic E-state index is -0.936. The number of rotatable bonds is 7. The zero-order valence-electron chi connectivity index (χ0n) is 20.1. The second-order valence-corrected chi connectivity index (χ2v) is 10.1. The van der Waals surface area contributed by atoms with Crippen LogP contribution >= 0.6 is 0 Å². The van der Waals surface area contributed by atoms with Crippen LogP contribution in [0.15, 0.2) is 36.4 Å². The Morgan fingerprint density at radius 3 is 2.45 bits per heavy atom. The molecule has 1 aliphatic heterocycles. The van der Waals surface area contributed by atoms with Crippen LogP contribution < -0.4 is 15.5 Å². The molecule has 7 heteroatoms. The number of halogens is 2. The summed E-state index contributed by atoms with van der Waals surface area (Å²) in [4.78, 5) is 14.0. The quantitative estimate of drug-likeness (QED) is 0.589. The Labute approximate surface area is 195 Å². The summed E-state index contributed by atoms with van der Waals surface area (Å²) in [5.74, 6) is -1.68. The first kappa shape index (κ1) is 25.1. The van der Waals surface area contributed by atoms with Crippen molar-refractivity contribution in [2.24, 2.45) is 0 Å². The van der Waals surface area contributed by atoms with Gasteiger partial charge in [-0.2, -0.15) is 0 Å². The van der Waals surface area contributed by atoms with Gasteiger partial charge in [0.15, 0.2) is 0 Å². The van der Waals surface area contributed by atoms with E-state index in [0.29, 0.717) is 5.56 Å². The Morgan fingerprint density at radius 2 is 1.85 bits per heavy atom. The average Bonchev–Trinajstić information content (AvgIpc) is 2.70. The van der Waals surface area contributed by atoms with E-state index < -0.39 is 23.8 Å². The number of nitrogens with zero attached hydrogens (tertiary/aromatic N) is 1. The Balaban J connectivity index is 1.75. The molecule has 3 atom stereocenters. The first-order valence-corrected chi connectivity index (χ1v) is 11.4. The molecule has 0 spiro atoms. The lowest BCUT2D eigenvalue weighted by Crippen LogP contribution is -2.49. The van der Waals surface area contributed by atoms with Crippen molar-refractivity contribution in [1.82, 2.24) is 10.6 Å². The van der Waals surface area contributed by atoms with E-state index in [1.807, 2.05) is 0 Å². The summed E-state index contributed by atoms with van der Waals surface area (Å²) in [6.07, 6.45) is 0.0630. The second-order valence-electron chi connectivity index (χ2n) is 10.1. The predicted molar refractivity (Wildman–Crippen MR) is 127 cm³/mol. The van der Waals surface area contributed by atoms with Crippen molar-refractivity contribution in [2.45, 2.75) is 64.1 Å². The zero-order chi connectivity index (χ0) is 24.3. The van der Waals surface area contributed by atoms with Gasteiger partial charge in [-0.15, -0.1) is 0 Å². The first-order chi connectivity index (χ1) is 15.4. The summed E-state index contributed by atoms with van der Waals surface area (Å²) in [5, 5.41) is 17.1. The lowest BCUT2D eigenvalue weighted by atomic mass is 9.83. The highest BCUT2D eigenvalue weighted by Crippen LogP contribution is 2.36. The van der Waals surface area contributed by atoms with Gasteiger partial charge in [0, 0.05) is 44.9 Å². The molecule has 3 rings (SSSR count). The van der Waals surface area contributed by atoms with Crippen LogP contribution in [0.3, 0.4) is 0 Å². The molecule has 2 aromatic carbocycles. The van der Waals surface area contributed by atoms with Crippen molar-refractivity contribution in [3.8, 4) is 0 Å². The Hall–Kier alpha value is -2.51. The van der Waals surface area contributed by atoms with E-state index in [0.717, 1.165) is 24.7 Å². The number of amides is 1. The molecular weight excluding hydrogens is 424 g/mol. The van der Waals surface area contributed by atoms with Crippen LogP contribution in [0.2, 0.25) is 0 Å². The molecule has 1 amide bonds. The van der Waals surface area contributed by atoms with Gasteiger partial charge in [0.05, 0.1) is 12.1 Å². The summed E-state index contributed by atoms with van der Waals surface area (Å²) in [7, 11) is 2.07. The van der Waals surface area contributed by atoms with Gasteiger partial charge in [-0.05, 0) is 53.1 Å².